The molecule has 0 aliphatic rings. The van der Waals surface area contributed by atoms with E-state index < -0.39 is 17.2 Å². The largest absolute Gasteiger partial charge is 0.755 e. The van der Waals surface area contributed by atoms with Crippen molar-refractivity contribution in [1.82, 2.24) is 0 Å². The van der Waals surface area contributed by atoms with E-state index in [0.29, 0.717) is 12.1 Å². The minimum absolute atomic E-state index is 0.0697. The van der Waals surface area contributed by atoms with E-state index in [1.54, 1.807) is 24.3 Å². The molecule has 1 atom stereocenters. The number of nitrogens with one attached hydrogen (secondary N) is 1. The summed E-state index contributed by atoms with van der Waals surface area (Å²) in [6.45, 7) is 0. The first-order valence-corrected chi connectivity index (χ1v) is 5.32. The van der Waals surface area contributed by atoms with Crippen LogP contribution in [0.4, 0.5) is 5.69 Å². The summed E-state index contributed by atoms with van der Waals surface area (Å²) in [5.41, 5.74) is 1.32. The second kappa shape index (κ2) is 5.47. The second-order valence-corrected chi connectivity index (χ2v) is 3.60. The van der Waals surface area contributed by atoms with Gasteiger partial charge in [-0.05, 0) is 24.1 Å². The van der Waals surface area contributed by atoms with Gasteiger partial charge in [-0.15, -0.1) is 0 Å². The third-order valence-electron chi connectivity index (χ3n) is 1.78. The monoisotopic (exact) mass is 228 g/mol. The Kier molecular flexibility index (Phi) is 4.26. The fraction of sp³-hybridized carbons (Fsp3) is 0.222. The Morgan fingerprint density at radius 1 is 1.40 bits per heavy atom. The lowest BCUT2D eigenvalue weighted by molar-refractivity contribution is -0.136. The first-order valence-electron chi connectivity index (χ1n) is 4.24. The zero-order chi connectivity index (χ0) is 11.3. The number of aliphatic carboxylic acids is 1. The fourth-order valence-electron chi connectivity index (χ4n) is 1.09. The smallest absolute Gasteiger partial charge is 0.303 e. The summed E-state index contributed by atoms with van der Waals surface area (Å²) in [4.78, 5) is 10.3. The van der Waals surface area contributed by atoms with E-state index in [1.165, 1.54) is 0 Å². The number of carboxylic acid groups (broad SMARTS) is 1. The Balaban J connectivity index is 2.56. The maximum absolute atomic E-state index is 10.3. The van der Waals surface area contributed by atoms with Crippen LogP contribution >= 0.6 is 0 Å². The van der Waals surface area contributed by atoms with E-state index in [-0.39, 0.29) is 6.42 Å². The summed E-state index contributed by atoms with van der Waals surface area (Å²) in [6, 6.07) is 6.57. The minimum atomic E-state index is -2.33. The number of hydrogen-bond acceptors (Lipinski definition) is 3. The predicted octanol–water partition coefficient (Wildman–Crippen LogP) is 0.910. The Bertz CT molecular complexity index is 363. The lowest BCUT2D eigenvalue weighted by atomic mass is 10.1. The summed E-state index contributed by atoms with van der Waals surface area (Å²) in [7, 11) is 0. The van der Waals surface area contributed by atoms with E-state index in [4.69, 9.17) is 5.11 Å². The lowest BCUT2D eigenvalue weighted by Gasteiger charge is -2.08. The third kappa shape index (κ3) is 4.57. The van der Waals surface area contributed by atoms with Crippen LogP contribution in [0, 0.1) is 0 Å². The number of anilines is 1. The van der Waals surface area contributed by atoms with E-state index in [0.717, 1.165) is 5.56 Å². The Hall–Kier alpha value is -1.40. The van der Waals surface area contributed by atoms with Crippen LogP contribution in [0.25, 0.3) is 0 Å². The third-order valence-corrected chi connectivity index (χ3v) is 2.19. The first kappa shape index (κ1) is 11.7. The molecule has 0 aliphatic carbocycles. The van der Waals surface area contributed by atoms with Crippen LogP contribution in [0.3, 0.4) is 0 Å². The Morgan fingerprint density at radius 3 is 2.47 bits per heavy atom. The van der Waals surface area contributed by atoms with Crippen molar-refractivity contribution in [2.24, 2.45) is 0 Å². The van der Waals surface area contributed by atoms with Crippen LogP contribution in [0.5, 0.6) is 0 Å². The molecule has 0 spiro atoms. The maximum Gasteiger partial charge on any atom is 0.303 e. The Labute approximate surface area is 89.5 Å². The fourth-order valence-corrected chi connectivity index (χ4v) is 1.42. The molecule has 0 saturated heterocycles. The van der Waals surface area contributed by atoms with Gasteiger partial charge < -0.3 is 14.4 Å². The van der Waals surface area contributed by atoms with Crippen LogP contribution in [-0.4, -0.2) is 19.8 Å². The molecule has 0 saturated carbocycles. The van der Waals surface area contributed by atoms with Crippen molar-refractivity contribution in [3.8, 4) is 0 Å². The molecule has 1 unspecified atom stereocenters. The molecular weight excluding hydrogens is 218 g/mol. The zero-order valence-corrected chi connectivity index (χ0v) is 8.62. The molecule has 82 valence electrons. The average Bonchev–Trinajstić information content (AvgIpc) is 2.16. The van der Waals surface area contributed by atoms with Gasteiger partial charge >= 0.3 is 5.97 Å². The summed E-state index contributed by atoms with van der Waals surface area (Å²) >= 11 is -2.33. The minimum Gasteiger partial charge on any atom is -0.755 e. The van der Waals surface area contributed by atoms with Crippen LogP contribution in [0.15, 0.2) is 24.3 Å². The van der Waals surface area contributed by atoms with Gasteiger partial charge in [-0.2, -0.15) is 0 Å². The van der Waals surface area contributed by atoms with Crippen molar-refractivity contribution < 1.29 is 18.7 Å². The number of aryl methyl sites for hydroxylation is 1. The van der Waals surface area contributed by atoms with E-state index in [1.807, 2.05) is 0 Å². The number of rotatable bonds is 5. The molecule has 1 aromatic carbocycles. The molecule has 0 bridgehead atoms. The van der Waals surface area contributed by atoms with Gasteiger partial charge in [0.15, 0.2) is 0 Å². The van der Waals surface area contributed by atoms with Gasteiger partial charge in [0.25, 0.3) is 0 Å². The average molecular weight is 228 g/mol. The molecule has 1 rings (SSSR count). The van der Waals surface area contributed by atoms with Crippen molar-refractivity contribution in [1.29, 1.82) is 0 Å². The molecule has 2 N–H and O–H groups in total. The molecule has 15 heavy (non-hydrogen) atoms. The van der Waals surface area contributed by atoms with Gasteiger partial charge in [0.05, 0.1) is 0 Å². The van der Waals surface area contributed by atoms with Crippen LogP contribution in [-0.2, 0) is 22.5 Å². The van der Waals surface area contributed by atoms with Gasteiger partial charge in [0, 0.05) is 23.4 Å². The zero-order valence-electron chi connectivity index (χ0n) is 7.80. The normalized spacial score (nSPS) is 12.1. The highest BCUT2D eigenvalue weighted by Gasteiger charge is 1.99. The predicted molar refractivity (Wildman–Crippen MR) is 54.9 cm³/mol. The summed E-state index contributed by atoms with van der Waals surface area (Å²) < 4.78 is 22.8. The van der Waals surface area contributed by atoms with Gasteiger partial charge in [-0.1, -0.05) is 12.1 Å². The van der Waals surface area contributed by atoms with Crippen molar-refractivity contribution in [3.63, 3.8) is 0 Å². The maximum atomic E-state index is 10.3. The highest BCUT2D eigenvalue weighted by molar-refractivity contribution is 7.80. The van der Waals surface area contributed by atoms with Crippen molar-refractivity contribution in [2.45, 2.75) is 12.8 Å². The van der Waals surface area contributed by atoms with Crippen LogP contribution < -0.4 is 4.72 Å². The van der Waals surface area contributed by atoms with Gasteiger partial charge in [-0.25, -0.2) is 0 Å². The topological polar surface area (TPSA) is 89.5 Å². The lowest BCUT2D eigenvalue weighted by Crippen LogP contribution is -2.02. The molecular formula is C9H10NO4S-. The molecule has 0 radical (unpaired) electrons. The molecule has 5 nitrogen and oxygen atoms in total. The van der Waals surface area contributed by atoms with Crippen molar-refractivity contribution in [3.05, 3.63) is 29.8 Å². The quantitative estimate of drug-likeness (QED) is 0.733. The second-order valence-electron chi connectivity index (χ2n) is 2.93. The van der Waals surface area contributed by atoms with Gasteiger partial charge in [0.2, 0.25) is 0 Å². The highest BCUT2D eigenvalue weighted by Crippen LogP contribution is 2.11. The molecule has 1 aromatic rings. The standard InChI is InChI=1S/C9H11NO4S/c11-9(12)6-3-7-1-4-8(5-2-7)10-15(13)14/h1-2,4-5,10H,3,6H2,(H,11,12)(H,13,14)/p-1. The van der Waals surface area contributed by atoms with E-state index in [9.17, 15) is 13.6 Å². The summed E-state index contributed by atoms with van der Waals surface area (Å²) in [6.07, 6.45) is 0.510. The Morgan fingerprint density at radius 2 is 2.00 bits per heavy atom. The van der Waals surface area contributed by atoms with Crippen molar-refractivity contribution >= 4 is 22.9 Å². The molecule has 0 heterocycles. The van der Waals surface area contributed by atoms with Crippen molar-refractivity contribution in [2.75, 3.05) is 4.72 Å². The molecule has 0 aromatic heterocycles. The number of benzene rings is 1. The molecule has 0 amide bonds. The van der Waals surface area contributed by atoms with E-state index in [2.05, 4.69) is 4.72 Å². The van der Waals surface area contributed by atoms with Crippen LogP contribution in [0.2, 0.25) is 0 Å². The summed E-state index contributed by atoms with van der Waals surface area (Å²) in [5.74, 6) is -0.849. The molecule has 0 aliphatic heterocycles. The number of carboxylic acids is 1. The van der Waals surface area contributed by atoms with Gasteiger partial charge in [-0.3, -0.25) is 9.00 Å². The molecule has 6 heteroatoms. The van der Waals surface area contributed by atoms with E-state index >= 15 is 0 Å². The highest BCUT2D eigenvalue weighted by atomic mass is 32.2. The van der Waals surface area contributed by atoms with Crippen LogP contribution in [0.1, 0.15) is 12.0 Å². The van der Waals surface area contributed by atoms with Gasteiger partial charge in [0.1, 0.15) is 0 Å². The number of hydrogen-bond donors (Lipinski definition) is 2. The molecule has 0 fully saturated rings. The number of carbonyl (C=O) groups is 1. The first-order chi connectivity index (χ1) is 7.08. The summed E-state index contributed by atoms with van der Waals surface area (Å²) in [5, 5.41) is 8.45. The SMILES string of the molecule is O=C(O)CCc1ccc(NS(=O)[O-])cc1.